The zero-order valence-corrected chi connectivity index (χ0v) is 22.3. The van der Waals surface area contributed by atoms with E-state index in [-0.39, 0.29) is 22.0 Å². The van der Waals surface area contributed by atoms with Crippen LogP contribution in [0.5, 0.6) is 0 Å². The molecule has 0 aliphatic rings. The van der Waals surface area contributed by atoms with Crippen molar-refractivity contribution in [2.45, 2.75) is 4.90 Å². The maximum atomic E-state index is 13.5. The van der Waals surface area contributed by atoms with Crippen LogP contribution in [0, 0.1) is 5.82 Å². The molecule has 1 aromatic heterocycles. The fourth-order valence-electron chi connectivity index (χ4n) is 3.77. The third-order valence-electron chi connectivity index (χ3n) is 5.77. The molecule has 11 heteroatoms. The molecule has 40 heavy (non-hydrogen) atoms. The molecule has 0 radical (unpaired) electrons. The van der Waals surface area contributed by atoms with Crippen LogP contribution in [-0.2, 0) is 10.0 Å². The summed E-state index contributed by atoms with van der Waals surface area (Å²) in [5.74, 6) is -0.861. The van der Waals surface area contributed by atoms with Crippen LogP contribution in [-0.4, -0.2) is 30.3 Å². The number of sulfonamides is 1. The van der Waals surface area contributed by atoms with Gasteiger partial charge in [-0.1, -0.05) is 29.8 Å². The highest BCUT2D eigenvalue weighted by molar-refractivity contribution is 7.92. The highest BCUT2D eigenvalue weighted by Gasteiger charge is 2.15. The molecule has 0 saturated heterocycles. The van der Waals surface area contributed by atoms with E-state index in [4.69, 9.17) is 11.6 Å². The van der Waals surface area contributed by atoms with E-state index >= 15 is 0 Å². The first-order valence-electron chi connectivity index (χ1n) is 11.9. The lowest BCUT2D eigenvalue weighted by Crippen LogP contribution is -2.18. The summed E-state index contributed by atoms with van der Waals surface area (Å²) in [4.78, 5) is 12.7. The average Bonchev–Trinajstić information content (AvgIpc) is 3.38. The molecule has 0 spiro atoms. The fourth-order valence-corrected chi connectivity index (χ4v) is 4.95. The Morgan fingerprint density at radius 2 is 1.57 bits per heavy atom. The number of benzene rings is 4. The van der Waals surface area contributed by atoms with Gasteiger partial charge in [0.1, 0.15) is 11.5 Å². The summed E-state index contributed by atoms with van der Waals surface area (Å²) in [7, 11) is -3.82. The molecule has 4 aromatic carbocycles. The number of nitrogens with zero attached hydrogens (tertiary/aromatic N) is 3. The van der Waals surface area contributed by atoms with E-state index in [2.05, 4.69) is 20.3 Å². The average molecular weight is 574 g/mol. The number of carbonyl (C=O) groups is 1. The third-order valence-corrected chi connectivity index (χ3v) is 7.42. The summed E-state index contributed by atoms with van der Waals surface area (Å²) in [6, 6.07) is 27.0. The second-order valence-corrected chi connectivity index (χ2v) is 10.7. The lowest BCUT2D eigenvalue weighted by molar-refractivity contribution is 0.0955. The van der Waals surface area contributed by atoms with Crippen LogP contribution < -0.4 is 10.1 Å². The van der Waals surface area contributed by atoms with E-state index in [1.165, 1.54) is 66.9 Å². The van der Waals surface area contributed by atoms with Gasteiger partial charge in [0.15, 0.2) is 0 Å². The molecule has 5 rings (SSSR count). The van der Waals surface area contributed by atoms with Gasteiger partial charge in [-0.05, 0) is 84.9 Å². The number of halogens is 2. The van der Waals surface area contributed by atoms with E-state index in [1.807, 2.05) is 30.3 Å². The minimum atomic E-state index is -3.82. The molecular weight excluding hydrogens is 553 g/mol. The van der Waals surface area contributed by atoms with Gasteiger partial charge in [-0.3, -0.25) is 9.52 Å². The highest BCUT2D eigenvalue weighted by atomic mass is 35.5. The van der Waals surface area contributed by atoms with Crippen LogP contribution in [0.4, 0.5) is 10.1 Å². The lowest BCUT2D eigenvalue weighted by Gasteiger charge is -2.08. The zero-order chi connectivity index (χ0) is 28.1. The van der Waals surface area contributed by atoms with Crippen LogP contribution in [0.1, 0.15) is 15.9 Å². The monoisotopic (exact) mass is 573 g/mol. The summed E-state index contributed by atoms with van der Waals surface area (Å²) in [5, 5.41) is 9.14. The number of nitrogens with one attached hydrogen (secondary N) is 2. The molecule has 0 fully saturated rings. The maximum Gasteiger partial charge on any atom is 0.271 e. The van der Waals surface area contributed by atoms with E-state index < -0.39 is 15.9 Å². The summed E-state index contributed by atoms with van der Waals surface area (Å²) in [5.41, 5.74) is 5.67. The normalized spacial score (nSPS) is 11.4. The lowest BCUT2D eigenvalue weighted by atomic mass is 10.1. The number of carbonyl (C=O) groups excluding carboxylic acids is 1. The Labute approximate surface area is 234 Å². The van der Waals surface area contributed by atoms with Gasteiger partial charge in [-0.15, -0.1) is 0 Å². The first-order valence-corrected chi connectivity index (χ1v) is 13.8. The number of rotatable bonds is 8. The van der Waals surface area contributed by atoms with Gasteiger partial charge in [0.25, 0.3) is 15.9 Å². The number of hydrogen-bond acceptors (Lipinski definition) is 5. The SMILES string of the molecule is O=C(N/N=C\c1cn(-c2ccccc2)nc1-c1ccc(F)cc1)c1ccc(NS(=O)(=O)c2ccc(Cl)cc2)cc1. The molecule has 2 N–H and O–H groups in total. The van der Waals surface area contributed by atoms with Crippen molar-refractivity contribution in [2.75, 3.05) is 4.72 Å². The van der Waals surface area contributed by atoms with Gasteiger partial charge in [-0.25, -0.2) is 22.9 Å². The molecule has 200 valence electrons. The van der Waals surface area contributed by atoms with Gasteiger partial charge >= 0.3 is 0 Å². The molecule has 5 aromatic rings. The van der Waals surface area contributed by atoms with Crippen molar-refractivity contribution in [3.8, 4) is 16.9 Å². The van der Waals surface area contributed by atoms with Crippen LogP contribution in [0.2, 0.25) is 5.02 Å². The van der Waals surface area contributed by atoms with Gasteiger partial charge in [-0.2, -0.15) is 10.2 Å². The minimum Gasteiger partial charge on any atom is -0.280 e. The van der Waals surface area contributed by atoms with Crippen molar-refractivity contribution >= 4 is 39.4 Å². The molecule has 0 bridgehead atoms. The van der Waals surface area contributed by atoms with Crippen molar-refractivity contribution in [1.82, 2.24) is 15.2 Å². The topological polar surface area (TPSA) is 105 Å². The fraction of sp³-hybridized carbons (Fsp3) is 0. The second kappa shape index (κ2) is 11.5. The minimum absolute atomic E-state index is 0.0589. The first kappa shape index (κ1) is 26.8. The standard InChI is InChI=1S/C29H21ClFN5O3S/c30-23-10-16-27(17-11-23)40(38,39)35-25-14-8-21(9-15-25)29(37)33-32-18-22-19-36(26-4-2-1-3-5-26)34-28(22)20-6-12-24(31)13-7-20/h1-19,35H,(H,33,37)/b32-18-. The third kappa shape index (κ3) is 6.25. The van der Waals surface area contributed by atoms with E-state index in [0.717, 1.165) is 5.69 Å². The molecule has 0 saturated carbocycles. The Morgan fingerprint density at radius 3 is 2.25 bits per heavy atom. The molecule has 0 aliphatic carbocycles. The molecule has 0 aliphatic heterocycles. The molecular formula is C29H21ClFN5O3S. The van der Waals surface area contributed by atoms with E-state index in [0.29, 0.717) is 21.8 Å². The number of hydrazone groups is 1. The van der Waals surface area contributed by atoms with Crippen molar-refractivity contribution in [1.29, 1.82) is 0 Å². The number of hydrogen-bond donors (Lipinski definition) is 2. The molecule has 8 nitrogen and oxygen atoms in total. The largest absolute Gasteiger partial charge is 0.280 e. The number of para-hydroxylation sites is 1. The van der Waals surface area contributed by atoms with Gasteiger partial charge in [0.2, 0.25) is 0 Å². The summed E-state index contributed by atoms with van der Waals surface area (Å²) in [6.45, 7) is 0. The van der Waals surface area contributed by atoms with Crippen LogP contribution in [0.3, 0.4) is 0 Å². The highest BCUT2D eigenvalue weighted by Crippen LogP contribution is 2.23. The van der Waals surface area contributed by atoms with Crippen LogP contribution in [0.25, 0.3) is 16.9 Å². The van der Waals surface area contributed by atoms with Gasteiger partial charge in [0.05, 0.1) is 16.8 Å². The van der Waals surface area contributed by atoms with Crippen molar-refractivity contribution in [3.63, 3.8) is 0 Å². The number of amides is 1. The van der Waals surface area contributed by atoms with E-state index in [9.17, 15) is 17.6 Å². The van der Waals surface area contributed by atoms with Crippen molar-refractivity contribution in [2.24, 2.45) is 5.10 Å². The molecule has 1 heterocycles. The first-order chi connectivity index (χ1) is 19.3. The predicted molar refractivity (Wildman–Crippen MR) is 153 cm³/mol. The number of anilines is 1. The molecule has 1 amide bonds. The number of aromatic nitrogens is 2. The van der Waals surface area contributed by atoms with Crippen molar-refractivity contribution in [3.05, 3.63) is 131 Å². The van der Waals surface area contributed by atoms with Crippen LogP contribution >= 0.6 is 11.6 Å². The Balaban J connectivity index is 1.30. The molecule has 0 unspecified atom stereocenters. The van der Waals surface area contributed by atoms with Gasteiger partial charge in [0, 0.05) is 33.6 Å². The molecule has 0 atom stereocenters. The Bertz CT molecular complexity index is 1770. The van der Waals surface area contributed by atoms with E-state index in [1.54, 1.807) is 23.0 Å². The quantitative estimate of drug-likeness (QED) is 0.178. The Hall–Kier alpha value is -4.80. The Morgan fingerprint density at radius 1 is 0.900 bits per heavy atom. The van der Waals surface area contributed by atoms with Gasteiger partial charge < -0.3 is 0 Å². The predicted octanol–water partition coefficient (Wildman–Crippen LogP) is 5.90. The zero-order valence-electron chi connectivity index (χ0n) is 20.7. The maximum absolute atomic E-state index is 13.5. The van der Waals surface area contributed by atoms with Crippen LogP contribution in [0.15, 0.2) is 119 Å². The smallest absolute Gasteiger partial charge is 0.271 e. The summed E-state index contributed by atoms with van der Waals surface area (Å²) >= 11 is 5.83. The van der Waals surface area contributed by atoms with Crippen molar-refractivity contribution < 1.29 is 17.6 Å². The summed E-state index contributed by atoms with van der Waals surface area (Å²) < 4.78 is 42.8. The Kier molecular flexibility index (Phi) is 7.72. The second-order valence-electron chi connectivity index (χ2n) is 8.56. The summed E-state index contributed by atoms with van der Waals surface area (Å²) in [6.07, 6.45) is 3.21.